The average Bonchev–Trinajstić information content (AvgIpc) is 3.55. The van der Waals surface area contributed by atoms with Gasteiger partial charge in [-0.15, -0.1) is 0 Å². The van der Waals surface area contributed by atoms with Crippen LogP contribution in [0.3, 0.4) is 0 Å². The summed E-state index contributed by atoms with van der Waals surface area (Å²) in [5, 5.41) is 15.6. The smallest absolute Gasteiger partial charge is 0.164 e. The maximum atomic E-state index is 14.3. The lowest BCUT2D eigenvalue weighted by Crippen LogP contribution is -2.45. The second-order valence-electron chi connectivity index (χ2n) is 12.2. The molecule has 3 N–H and O–H groups in total. The Morgan fingerprint density at radius 2 is 1.79 bits per heavy atom. The molecule has 2 aliphatic heterocycles. The van der Waals surface area contributed by atoms with E-state index in [0.29, 0.717) is 27.7 Å². The molecule has 7 rings (SSSR count). The summed E-state index contributed by atoms with van der Waals surface area (Å²) in [6.07, 6.45) is 8.66. The van der Waals surface area contributed by atoms with Gasteiger partial charge in [0.05, 0.1) is 11.4 Å². The molecule has 2 fully saturated rings. The number of benzene rings is 1. The van der Waals surface area contributed by atoms with Crippen LogP contribution < -0.4 is 5.73 Å². The van der Waals surface area contributed by atoms with Gasteiger partial charge in [0.2, 0.25) is 0 Å². The standard InChI is InChI=1S/C32H37FN8O/c1-21(41-31-28(30(34)35-20-36-31)29(37-41)22-15-23(33)17-25(42)16-22)26-18-24-5-3-4-10-40(24)27(26)19-39-13-8-32(9-14-39)6-11-38(2)12-7-32/h3-5,10,15-18,20-21,42H,6-9,11-14,19H2,1-2H3,(H2,34,35,36). The van der Waals surface area contributed by atoms with Gasteiger partial charge >= 0.3 is 0 Å². The van der Waals surface area contributed by atoms with E-state index in [0.717, 1.165) is 36.8 Å². The summed E-state index contributed by atoms with van der Waals surface area (Å²) in [7, 11) is 2.23. The summed E-state index contributed by atoms with van der Waals surface area (Å²) in [5.41, 5.74) is 11.8. The molecule has 0 aliphatic carbocycles. The SMILES string of the molecule is CC(c1cc2ccccn2c1CN1CCC2(CCN(C)CC2)CC1)n1nc(-c2cc(O)cc(F)c2)c2c(N)ncnc21. The molecular weight excluding hydrogens is 531 g/mol. The summed E-state index contributed by atoms with van der Waals surface area (Å²) in [4.78, 5) is 13.8. The number of anilines is 1. The highest BCUT2D eigenvalue weighted by Crippen LogP contribution is 2.42. The molecular formula is C32H37FN8O. The van der Waals surface area contributed by atoms with Crippen LogP contribution >= 0.6 is 0 Å². The third-order valence-corrected chi connectivity index (χ3v) is 9.65. The number of likely N-dealkylation sites (tertiary alicyclic amines) is 2. The second-order valence-corrected chi connectivity index (χ2v) is 12.2. The monoisotopic (exact) mass is 568 g/mol. The fraction of sp³-hybridized carbons (Fsp3) is 0.406. The average molecular weight is 569 g/mol. The van der Waals surface area contributed by atoms with Crippen molar-refractivity contribution >= 4 is 22.4 Å². The molecule has 1 spiro atoms. The van der Waals surface area contributed by atoms with E-state index in [1.807, 2.05) is 4.68 Å². The number of nitrogen functional groups attached to an aromatic ring is 1. The van der Waals surface area contributed by atoms with E-state index in [4.69, 9.17) is 10.8 Å². The van der Waals surface area contributed by atoms with Gasteiger partial charge in [-0.1, -0.05) is 6.07 Å². The number of phenols is 1. The van der Waals surface area contributed by atoms with E-state index in [1.165, 1.54) is 62.9 Å². The van der Waals surface area contributed by atoms with Gasteiger partial charge in [0.25, 0.3) is 0 Å². The van der Waals surface area contributed by atoms with Crippen LogP contribution in [0.5, 0.6) is 5.75 Å². The van der Waals surface area contributed by atoms with E-state index < -0.39 is 5.82 Å². The Morgan fingerprint density at radius 1 is 1.02 bits per heavy atom. The Hall–Kier alpha value is -4.02. The van der Waals surface area contributed by atoms with E-state index >= 15 is 0 Å². The molecule has 218 valence electrons. The van der Waals surface area contributed by atoms with Crippen molar-refractivity contribution in [2.24, 2.45) is 5.41 Å². The van der Waals surface area contributed by atoms with Crippen molar-refractivity contribution in [2.45, 2.75) is 45.2 Å². The molecule has 10 heteroatoms. The summed E-state index contributed by atoms with van der Waals surface area (Å²) < 4.78 is 18.4. The minimum atomic E-state index is -0.555. The maximum Gasteiger partial charge on any atom is 0.164 e. The van der Waals surface area contributed by atoms with Crippen molar-refractivity contribution in [1.29, 1.82) is 0 Å². The van der Waals surface area contributed by atoms with Crippen LogP contribution in [0.25, 0.3) is 27.8 Å². The first-order chi connectivity index (χ1) is 20.3. The minimum absolute atomic E-state index is 0.180. The number of nitrogens with zero attached hydrogens (tertiary/aromatic N) is 7. The van der Waals surface area contributed by atoms with Crippen molar-refractivity contribution in [3.8, 4) is 17.0 Å². The zero-order valence-corrected chi connectivity index (χ0v) is 24.2. The van der Waals surface area contributed by atoms with Crippen molar-refractivity contribution in [3.05, 3.63) is 72.1 Å². The largest absolute Gasteiger partial charge is 0.508 e. The van der Waals surface area contributed by atoms with Gasteiger partial charge in [-0.2, -0.15) is 5.10 Å². The van der Waals surface area contributed by atoms with Crippen LogP contribution in [0, 0.1) is 11.2 Å². The van der Waals surface area contributed by atoms with Crippen LogP contribution in [0.2, 0.25) is 0 Å². The number of fused-ring (bicyclic) bond motifs is 2. The second kappa shape index (κ2) is 10.4. The first-order valence-electron chi connectivity index (χ1n) is 14.8. The molecule has 42 heavy (non-hydrogen) atoms. The third-order valence-electron chi connectivity index (χ3n) is 9.65. The Balaban J connectivity index is 1.26. The Bertz CT molecular complexity index is 1740. The lowest BCUT2D eigenvalue weighted by atomic mass is 9.71. The summed E-state index contributed by atoms with van der Waals surface area (Å²) in [6.45, 7) is 7.55. The molecule has 4 aromatic heterocycles. The molecule has 0 bridgehead atoms. The van der Waals surface area contributed by atoms with Gasteiger partial charge in [0.15, 0.2) is 5.65 Å². The Kier molecular flexibility index (Phi) is 6.62. The lowest BCUT2D eigenvalue weighted by Gasteiger charge is -2.46. The van der Waals surface area contributed by atoms with E-state index in [-0.39, 0.29) is 17.6 Å². The van der Waals surface area contributed by atoms with Gasteiger partial charge in [0, 0.05) is 35.6 Å². The van der Waals surface area contributed by atoms with Crippen molar-refractivity contribution in [2.75, 3.05) is 39.0 Å². The first-order valence-corrected chi connectivity index (χ1v) is 14.8. The normalized spacial score (nSPS) is 18.7. The molecule has 5 aromatic rings. The quantitative estimate of drug-likeness (QED) is 0.305. The highest BCUT2D eigenvalue weighted by atomic mass is 19.1. The number of aromatic nitrogens is 5. The number of aromatic hydroxyl groups is 1. The summed E-state index contributed by atoms with van der Waals surface area (Å²) in [5.74, 6) is -0.475. The fourth-order valence-electron chi connectivity index (χ4n) is 7.03. The molecule has 0 saturated carbocycles. The number of phenolic OH excluding ortho intramolecular Hbond substituents is 1. The summed E-state index contributed by atoms with van der Waals surface area (Å²) >= 11 is 0. The number of nitrogens with two attached hydrogens (primary N) is 1. The molecule has 2 saturated heterocycles. The molecule has 6 heterocycles. The van der Waals surface area contributed by atoms with Crippen molar-refractivity contribution in [3.63, 3.8) is 0 Å². The van der Waals surface area contributed by atoms with Gasteiger partial charge < -0.3 is 20.1 Å². The van der Waals surface area contributed by atoms with Gasteiger partial charge in [0.1, 0.15) is 29.4 Å². The number of pyridine rings is 1. The zero-order chi connectivity index (χ0) is 29.0. The van der Waals surface area contributed by atoms with Crippen molar-refractivity contribution < 1.29 is 9.50 Å². The van der Waals surface area contributed by atoms with E-state index in [9.17, 15) is 9.50 Å². The predicted molar refractivity (Wildman–Crippen MR) is 162 cm³/mol. The van der Waals surface area contributed by atoms with Gasteiger partial charge in [-0.05, 0) is 107 Å². The molecule has 1 aromatic carbocycles. The Morgan fingerprint density at radius 3 is 2.55 bits per heavy atom. The van der Waals surface area contributed by atoms with Crippen LogP contribution in [0.1, 0.15) is 49.9 Å². The molecule has 1 unspecified atom stereocenters. The fourth-order valence-corrected chi connectivity index (χ4v) is 7.03. The van der Waals surface area contributed by atoms with Crippen LogP contribution in [0.15, 0.2) is 55.0 Å². The molecule has 0 amide bonds. The molecule has 1 atom stereocenters. The van der Waals surface area contributed by atoms with Gasteiger partial charge in [-0.25, -0.2) is 19.0 Å². The highest BCUT2D eigenvalue weighted by molar-refractivity contribution is 5.98. The Labute approximate surface area is 244 Å². The third kappa shape index (κ3) is 4.68. The number of piperidine rings is 2. The van der Waals surface area contributed by atoms with Crippen LogP contribution in [-0.2, 0) is 6.54 Å². The number of hydrogen-bond acceptors (Lipinski definition) is 7. The minimum Gasteiger partial charge on any atom is -0.508 e. The first kappa shape index (κ1) is 26.9. The topological polar surface area (TPSA) is 101 Å². The van der Waals surface area contributed by atoms with Gasteiger partial charge in [-0.3, -0.25) is 4.90 Å². The van der Waals surface area contributed by atoms with E-state index in [2.05, 4.69) is 68.6 Å². The summed E-state index contributed by atoms with van der Waals surface area (Å²) in [6, 6.07) is 12.2. The van der Waals surface area contributed by atoms with Crippen LogP contribution in [0.4, 0.5) is 10.2 Å². The number of rotatable bonds is 5. The number of hydrogen-bond donors (Lipinski definition) is 2. The molecule has 2 aliphatic rings. The van der Waals surface area contributed by atoms with Crippen LogP contribution in [-0.4, -0.2) is 72.3 Å². The lowest BCUT2D eigenvalue weighted by molar-refractivity contribution is 0.0394. The highest BCUT2D eigenvalue weighted by Gasteiger charge is 2.37. The van der Waals surface area contributed by atoms with E-state index in [1.54, 1.807) is 0 Å². The zero-order valence-electron chi connectivity index (χ0n) is 24.2. The maximum absolute atomic E-state index is 14.3. The number of halogens is 1. The molecule has 0 radical (unpaired) electrons. The van der Waals surface area contributed by atoms with Crippen molar-refractivity contribution in [1.82, 2.24) is 33.9 Å². The molecule has 9 nitrogen and oxygen atoms in total. The predicted octanol–water partition coefficient (Wildman–Crippen LogP) is 5.09.